The van der Waals surface area contributed by atoms with Gasteiger partial charge in [-0.3, -0.25) is 0 Å². The Morgan fingerprint density at radius 3 is 2.50 bits per heavy atom. The number of para-hydroxylation sites is 2. The molecule has 0 fully saturated rings. The number of unbranched alkanes of at least 4 members (excludes halogenated alkanes) is 6. The second-order valence-corrected chi connectivity index (χ2v) is 7.47. The van der Waals surface area contributed by atoms with Crippen LogP contribution in [0.25, 0.3) is 0 Å². The fraction of sp³-hybridized carbons (Fsp3) is 0.458. The lowest BCUT2D eigenvalue weighted by Gasteiger charge is -2.29. The summed E-state index contributed by atoms with van der Waals surface area (Å²) in [4.78, 5) is 12.4. The number of benzene rings is 2. The summed E-state index contributed by atoms with van der Waals surface area (Å²) in [6, 6.07) is 13.6. The lowest BCUT2D eigenvalue weighted by molar-refractivity contribution is 0.141. The Labute approximate surface area is 168 Å². The molecule has 0 saturated carbocycles. The van der Waals surface area contributed by atoms with Crippen LogP contribution in [0, 0.1) is 6.92 Å². The van der Waals surface area contributed by atoms with Gasteiger partial charge >= 0.3 is 6.09 Å². The van der Waals surface area contributed by atoms with Crippen molar-refractivity contribution in [2.75, 3.05) is 6.61 Å². The molecule has 0 unspecified atom stereocenters. The van der Waals surface area contributed by atoms with Gasteiger partial charge in [0.1, 0.15) is 11.5 Å². The van der Waals surface area contributed by atoms with E-state index in [-0.39, 0.29) is 12.1 Å². The molecule has 1 atom stereocenters. The van der Waals surface area contributed by atoms with E-state index in [9.17, 15) is 4.79 Å². The molecule has 3 rings (SSSR count). The predicted octanol–water partition coefficient (Wildman–Crippen LogP) is 6.67. The van der Waals surface area contributed by atoms with Gasteiger partial charge < -0.3 is 14.8 Å². The first-order valence-corrected chi connectivity index (χ1v) is 10.5. The highest BCUT2D eigenvalue weighted by molar-refractivity contribution is 5.70. The van der Waals surface area contributed by atoms with Crippen LogP contribution in [-0.4, -0.2) is 12.7 Å². The molecule has 1 aliphatic rings. The van der Waals surface area contributed by atoms with E-state index in [1.807, 2.05) is 49.4 Å². The number of amides is 1. The Balaban J connectivity index is 1.55. The van der Waals surface area contributed by atoms with E-state index < -0.39 is 0 Å². The van der Waals surface area contributed by atoms with Crippen LogP contribution >= 0.6 is 0 Å². The molecule has 1 aliphatic heterocycles. The van der Waals surface area contributed by atoms with Crippen LogP contribution in [0.4, 0.5) is 4.79 Å². The number of hydrogen-bond donors (Lipinski definition) is 1. The van der Waals surface area contributed by atoms with Crippen molar-refractivity contribution in [2.24, 2.45) is 0 Å². The highest BCUT2D eigenvalue weighted by Gasteiger charge is 2.29. The quantitative estimate of drug-likeness (QED) is 0.494. The normalized spacial score (nSPS) is 14.6. The van der Waals surface area contributed by atoms with Crippen LogP contribution in [0.3, 0.4) is 0 Å². The van der Waals surface area contributed by atoms with Crippen molar-refractivity contribution in [2.45, 2.75) is 64.8 Å². The fourth-order valence-corrected chi connectivity index (χ4v) is 3.67. The van der Waals surface area contributed by atoms with E-state index in [4.69, 9.17) is 9.47 Å². The van der Waals surface area contributed by atoms with E-state index in [0.717, 1.165) is 41.0 Å². The maximum Gasteiger partial charge on any atom is 0.407 e. The van der Waals surface area contributed by atoms with Gasteiger partial charge in [0.15, 0.2) is 0 Å². The summed E-state index contributed by atoms with van der Waals surface area (Å²) < 4.78 is 11.5. The molecule has 0 saturated heterocycles. The number of alkyl carbamates (subject to hydrolysis) is 1. The fourth-order valence-electron chi connectivity index (χ4n) is 3.67. The minimum atomic E-state index is -0.375. The van der Waals surface area contributed by atoms with Crippen molar-refractivity contribution in [1.82, 2.24) is 5.32 Å². The summed E-state index contributed by atoms with van der Waals surface area (Å²) in [6.45, 7) is 4.71. The zero-order valence-corrected chi connectivity index (χ0v) is 17.0. The molecular weight excluding hydrogens is 350 g/mol. The van der Waals surface area contributed by atoms with E-state index in [1.54, 1.807) is 0 Å². The topological polar surface area (TPSA) is 47.6 Å². The van der Waals surface area contributed by atoms with Crippen LogP contribution in [-0.2, 0) is 4.74 Å². The van der Waals surface area contributed by atoms with Gasteiger partial charge in [0.25, 0.3) is 0 Å². The maximum absolute atomic E-state index is 12.4. The monoisotopic (exact) mass is 381 g/mol. The Kier molecular flexibility index (Phi) is 7.35. The number of aryl methyl sites for hydroxylation is 1. The second kappa shape index (κ2) is 10.2. The molecule has 4 heteroatoms. The number of carbonyl (C=O) groups excluding carboxylic acids is 1. The zero-order valence-electron chi connectivity index (χ0n) is 17.0. The third-order valence-corrected chi connectivity index (χ3v) is 5.24. The third-order valence-electron chi connectivity index (χ3n) is 5.24. The van der Waals surface area contributed by atoms with Gasteiger partial charge in [-0.25, -0.2) is 4.79 Å². The second-order valence-electron chi connectivity index (χ2n) is 7.47. The van der Waals surface area contributed by atoms with Crippen LogP contribution in [0.1, 0.15) is 74.6 Å². The van der Waals surface area contributed by atoms with Gasteiger partial charge in [-0.1, -0.05) is 81.8 Å². The SMILES string of the molecule is CCCCCCCCCOC(=O)N[C@@H]1c2ccccc2Oc2c(C)cccc21. The van der Waals surface area contributed by atoms with E-state index in [2.05, 4.69) is 12.2 Å². The molecule has 0 aromatic heterocycles. The van der Waals surface area contributed by atoms with E-state index >= 15 is 0 Å². The van der Waals surface area contributed by atoms with Crippen molar-refractivity contribution in [3.63, 3.8) is 0 Å². The first-order valence-electron chi connectivity index (χ1n) is 10.5. The molecule has 150 valence electrons. The highest BCUT2D eigenvalue weighted by Crippen LogP contribution is 2.44. The van der Waals surface area contributed by atoms with Crippen molar-refractivity contribution in [3.05, 3.63) is 59.2 Å². The number of ether oxygens (including phenoxy) is 2. The number of nitrogens with one attached hydrogen (secondary N) is 1. The molecule has 1 N–H and O–H groups in total. The van der Waals surface area contributed by atoms with Gasteiger partial charge in [-0.2, -0.15) is 0 Å². The minimum Gasteiger partial charge on any atom is -0.456 e. The van der Waals surface area contributed by atoms with Crippen LogP contribution in [0.15, 0.2) is 42.5 Å². The Hall–Kier alpha value is -2.49. The summed E-state index contributed by atoms with van der Waals surface area (Å²) in [5.41, 5.74) is 2.97. The number of rotatable bonds is 9. The molecular formula is C24H31NO3. The van der Waals surface area contributed by atoms with Crippen LogP contribution in [0.2, 0.25) is 0 Å². The van der Waals surface area contributed by atoms with Gasteiger partial charge in [-0.15, -0.1) is 0 Å². The summed E-state index contributed by atoms with van der Waals surface area (Å²) in [6.07, 6.45) is 8.02. The lowest BCUT2D eigenvalue weighted by Crippen LogP contribution is -2.32. The van der Waals surface area contributed by atoms with E-state index in [0.29, 0.717) is 6.61 Å². The molecule has 0 bridgehead atoms. The van der Waals surface area contributed by atoms with E-state index in [1.165, 1.54) is 32.1 Å². The highest BCUT2D eigenvalue weighted by atomic mass is 16.5. The molecule has 1 amide bonds. The van der Waals surface area contributed by atoms with Gasteiger partial charge in [0.2, 0.25) is 0 Å². The molecule has 0 aliphatic carbocycles. The van der Waals surface area contributed by atoms with Crippen LogP contribution in [0.5, 0.6) is 11.5 Å². The average molecular weight is 382 g/mol. The zero-order chi connectivity index (χ0) is 19.8. The Morgan fingerprint density at radius 2 is 1.68 bits per heavy atom. The molecule has 1 heterocycles. The summed E-state index contributed by atoms with van der Waals surface area (Å²) in [7, 11) is 0. The molecule has 2 aromatic rings. The van der Waals surface area contributed by atoms with Crippen molar-refractivity contribution >= 4 is 6.09 Å². The predicted molar refractivity (Wildman–Crippen MR) is 112 cm³/mol. The summed E-state index contributed by atoms with van der Waals surface area (Å²) in [5, 5.41) is 3.04. The smallest absolute Gasteiger partial charge is 0.407 e. The minimum absolute atomic E-state index is 0.263. The summed E-state index contributed by atoms with van der Waals surface area (Å²) >= 11 is 0. The molecule has 0 spiro atoms. The van der Waals surface area contributed by atoms with Gasteiger partial charge in [0.05, 0.1) is 12.6 Å². The average Bonchev–Trinajstić information content (AvgIpc) is 2.70. The summed E-state index contributed by atoms with van der Waals surface area (Å²) in [5.74, 6) is 1.60. The van der Waals surface area contributed by atoms with Crippen LogP contribution < -0.4 is 10.1 Å². The lowest BCUT2D eigenvalue weighted by atomic mass is 9.93. The first-order chi connectivity index (χ1) is 13.7. The Bertz CT molecular complexity index is 787. The molecule has 0 radical (unpaired) electrons. The number of carbonyl (C=O) groups is 1. The number of fused-ring (bicyclic) bond motifs is 2. The standard InChI is InChI=1S/C24H31NO3/c1-3-4-5-6-7-8-11-17-27-24(26)25-22-19-14-9-10-16-21(19)28-23-18(2)13-12-15-20(22)23/h9-10,12-16,22H,3-8,11,17H2,1-2H3,(H,25,26)/t22-/m1/s1. The molecule has 28 heavy (non-hydrogen) atoms. The van der Waals surface area contributed by atoms with Gasteiger partial charge in [-0.05, 0) is 25.0 Å². The maximum atomic E-state index is 12.4. The van der Waals surface area contributed by atoms with Crippen molar-refractivity contribution in [3.8, 4) is 11.5 Å². The first kappa shape index (κ1) is 20.2. The van der Waals surface area contributed by atoms with Gasteiger partial charge in [0, 0.05) is 11.1 Å². The van der Waals surface area contributed by atoms with Crippen molar-refractivity contribution in [1.29, 1.82) is 0 Å². The molecule has 2 aromatic carbocycles. The molecule has 4 nitrogen and oxygen atoms in total. The largest absolute Gasteiger partial charge is 0.456 e. The Morgan fingerprint density at radius 1 is 0.964 bits per heavy atom. The third kappa shape index (κ3) is 5.06. The number of hydrogen-bond acceptors (Lipinski definition) is 3. The van der Waals surface area contributed by atoms with Crippen molar-refractivity contribution < 1.29 is 14.3 Å².